The Hall–Kier alpha value is -0.870. The fourth-order valence-corrected chi connectivity index (χ4v) is 2.17. The molecule has 0 saturated heterocycles. The lowest BCUT2D eigenvalue weighted by Crippen LogP contribution is -2.00. The molecule has 1 N–H and O–H groups in total. The van der Waals surface area contributed by atoms with Gasteiger partial charge in [-0.2, -0.15) is 0 Å². The van der Waals surface area contributed by atoms with Crippen LogP contribution in [-0.2, 0) is 6.54 Å². The van der Waals surface area contributed by atoms with E-state index in [0.29, 0.717) is 0 Å². The van der Waals surface area contributed by atoms with Gasteiger partial charge >= 0.3 is 0 Å². The van der Waals surface area contributed by atoms with Gasteiger partial charge in [-0.3, -0.25) is 0 Å². The van der Waals surface area contributed by atoms with Crippen LogP contribution in [0.25, 0.3) is 0 Å². The number of rotatable bonds is 3. The van der Waals surface area contributed by atoms with Gasteiger partial charge < -0.3 is 5.32 Å². The number of pyridine rings is 1. The van der Waals surface area contributed by atoms with Crippen LogP contribution in [0.2, 0.25) is 0 Å². The molecule has 0 bridgehead atoms. The minimum Gasteiger partial charge on any atom is -0.379 e. The average Bonchev–Trinajstić information content (AvgIpc) is 2.32. The molecular weight excluding hydrogens is 344 g/mol. The standard InChI is InChI=1S/C13H12Br2N2/c1-9-7-10(4-5-11(9)14)8-17-12-3-2-6-16-13(12)15/h2-7,17H,8H2,1H3. The van der Waals surface area contributed by atoms with Crippen molar-refractivity contribution in [1.82, 2.24) is 4.98 Å². The molecule has 1 heterocycles. The third kappa shape index (κ3) is 3.30. The van der Waals surface area contributed by atoms with E-state index in [4.69, 9.17) is 0 Å². The second kappa shape index (κ2) is 5.65. The maximum atomic E-state index is 4.17. The Morgan fingerprint density at radius 1 is 1.24 bits per heavy atom. The predicted molar refractivity (Wildman–Crippen MR) is 78.1 cm³/mol. The first-order valence-corrected chi connectivity index (χ1v) is 6.85. The minimum absolute atomic E-state index is 0.790. The smallest absolute Gasteiger partial charge is 0.129 e. The molecule has 0 unspecified atom stereocenters. The first-order chi connectivity index (χ1) is 8.16. The molecule has 88 valence electrons. The molecule has 0 radical (unpaired) electrons. The van der Waals surface area contributed by atoms with Crippen molar-refractivity contribution in [1.29, 1.82) is 0 Å². The highest BCUT2D eigenvalue weighted by atomic mass is 79.9. The number of hydrogen-bond acceptors (Lipinski definition) is 2. The van der Waals surface area contributed by atoms with Crippen LogP contribution in [0, 0.1) is 6.92 Å². The Balaban J connectivity index is 2.08. The van der Waals surface area contributed by atoms with Gasteiger partial charge in [0.05, 0.1) is 5.69 Å². The number of hydrogen-bond donors (Lipinski definition) is 1. The Morgan fingerprint density at radius 3 is 2.76 bits per heavy atom. The summed E-state index contributed by atoms with van der Waals surface area (Å²) in [5.74, 6) is 0. The molecule has 0 fully saturated rings. The molecule has 1 aromatic carbocycles. The van der Waals surface area contributed by atoms with Crippen molar-refractivity contribution in [3.05, 3.63) is 56.7 Å². The quantitative estimate of drug-likeness (QED) is 0.818. The molecule has 0 aliphatic carbocycles. The summed E-state index contributed by atoms with van der Waals surface area (Å²) in [5, 5.41) is 3.35. The molecule has 0 aliphatic heterocycles. The zero-order valence-corrected chi connectivity index (χ0v) is 12.5. The van der Waals surface area contributed by atoms with Crippen LogP contribution in [0.4, 0.5) is 5.69 Å². The van der Waals surface area contributed by atoms with Gasteiger partial charge in [-0.15, -0.1) is 0 Å². The van der Waals surface area contributed by atoms with Gasteiger partial charge in [-0.1, -0.05) is 28.1 Å². The van der Waals surface area contributed by atoms with E-state index >= 15 is 0 Å². The van der Waals surface area contributed by atoms with Crippen molar-refractivity contribution in [2.45, 2.75) is 13.5 Å². The van der Waals surface area contributed by atoms with Crippen LogP contribution in [0.3, 0.4) is 0 Å². The summed E-state index contributed by atoms with van der Waals surface area (Å²) < 4.78 is 1.98. The van der Waals surface area contributed by atoms with Crippen molar-refractivity contribution in [3.63, 3.8) is 0 Å². The number of halogens is 2. The topological polar surface area (TPSA) is 24.9 Å². The summed E-state index contributed by atoms with van der Waals surface area (Å²) in [6, 6.07) is 10.3. The number of nitrogens with one attached hydrogen (secondary N) is 1. The van der Waals surface area contributed by atoms with E-state index < -0.39 is 0 Å². The third-order valence-electron chi connectivity index (χ3n) is 2.46. The molecule has 4 heteroatoms. The van der Waals surface area contributed by atoms with E-state index in [1.165, 1.54) is 11.1 Å². The first kappa shape index (κ1) is 12.6. The molecule has 0 spiro atoms. The van der Waals surface area contributed by atoms with Crippen LogP contribution in [0.1, 0.15) is 11.1 Å². The van der Waals surface area contributed by atoms with Crippen molar-refractivity contribution >= 4 is 37.5 Å². The van der Waals surface area contributed by atoms with Crippen LogP contribution in [0.15, 0.2) is 45.6 Å². The summed E-state index contributed by atoms with van der Waals surface area (Å²) in [6.45, 7) is 2.88. The SMILES string of the molecule is Cc1cc(CNc2cccnc2Br)ccc1Br. The molecule has 0 aliphatic rings. The van der Waals surface area contributed by atoms with Gasteiger partial charge in [0.2, 0.25) is 0 Å². The van der Waals surface area contributed by atoms with E-state index in [1.807, 2.05) is 12.1 Å². The third-order valence-corrected chi connectivity index (χ3v) is 3.99. The Morgan fingerprint density at radius 2 is 2.06 bits per heavy atom. The van der Waals surface area contributed by atoms with Crippen LogP contribution < -0.4 is 5.32 Å². The molecule has 0 saturated carbocycles. The molecule has 2 aromatic rings. The van der Waals surface area contributed by atoms with Gasteiger partial charge in [0.1, 0.15) is 4.60 Å². The van der Waals surface area contributed by atoms with E-state index in [1.54, 1.807) is 6.20 Å². The average molecular weight is 356 g/mol. The summed E-state index contributed by atoms with van der Waals surface area (Å²) in [5.41, 5.74) is 3.50. The molecule has 0 amide bonds. The fraction of sp³-hybridized carbons (Fsp3) is 0.154. The predicted octanol–water partition coefficient (Wildman–Crippen LogP) is 4.53. The number of benzene rings is 1. The first-order valence-electron chi connectivity index (χ1n) is 5.26. The summed E-state index contributed by atoms with van der Waals surface area (Å²) in [4.78, 5) is 4.17. The molecule has 2 rings (SSSR count). The van der Waals surface area contributed by atoms with Gasteiger partial charge in [0.25, 0.3) is 0 Å². The van der Waals surface area contributed by atoms with Crippen LogP contribution in [0.5, 0.6) is 0 Å². The van der Waals surface area contributed by atoms with Gasteiger partial charge in [-0.05, 0) is 52.2 Å². The van der Waals surface area contributed by atoms with Crippen molar-refractivity contribution in [2.24, 2.45) is 0 Å². The Kier molecular flexibility index (Phi) is 4.18. The minimum atomic E-state index is 0.790. The van der Waals surface area contributed by atoms with E-state index in [9.17, 15) is 0 Å². The van der Waals surface area contributed by atoms with Crippen molar-refractivity contribution in [2.75, 3.05) is 5.32 Å². The molecule has 17 heavy (non-hydrogen) atoms. The monoisotopic (exact) mass is 354 g/mol. The normalized spacial score (nSPS) is 10.3. The fourth-order valence-electron chi connectivity index (χ4n) is 1.53. The van der Waals surface area contributed by atoms with Crippen molar-refractivity contribution < 1.29 is 0 Å². The lowest BCUT2D eigenvalue weighted by atomic mass is 10.1. The maximum Gasteiger partial charge on any atom is 0.129 e. The van der Waals surface area contributed by atoms with E-state index in [-0.39, 0.29) is 0 Å². The molecule has 0 atom stereocenters. The van der Waals surface area contributed by atoms with E-state index in [0.717, 1.165) is 21.3 Å². The maximum absolute atomic E-state index is 4.17. The van der Waals surface area contributed by atoms with Crippen LogP contribution >= 0.6 is 31.9 Å². The van der Waals surface area contributed by atoms with Gasteiger partial charge in [0, 0.05) is 17.2 Å². The highest BCUT2D eigenvalue weighted by Crippen LogP contribution is 2.21. The Labute approximate surface area is 118 Å². The van der Waals surface area contributed by atoms with Gasteiger partial charge in [0.15, 0.2) is 0 Å². The number of aryl methyl sites for hydroxylation is 1. The van der Waals surface area contributed by atoms with Crippen LogP contribution in [-0.4, -0.2) is 4.98 Å². The second-order valence-corrected chi connectivity index (χ2v) is 5.38. The summed E-state index contributed by atoms with van der Waals surface area (Å²) in [7, 11) is 0. The zero-order chi connectivity index (χ0) is 12.3. The largest absolute Gasteiger partial charge is 0.379 e. The highest BCUT2D eigenvalue weighted by molar-refractivity contribution is 9.10. The summed E-state index contributed by atoms with van der Waals surface area (Å²) >= 11 is 6.91. The number of aromatic nitrogens is 1. The van der Waals surface area contributed by atoms with Gasteiger partial charge in [-0.25, -0.2) is 4.98 Å². The molecule has 2 nitrogen and oxygen atoms in total. The Bertz CT molecular complexity index is 527. The molecular formula is C13H12Br2N2. The highest BCUT2D eigenvalue weighted by Gasteiger charge is 2.00. The number of nitrogens with zero attached hydrogens (tertiary/aromatic N) is 1. The molecule has 1 aromatic heterocycles. The lowest BCUT2D eigenvalue weighted by molar-refractivity contribution is 1.12. The van der Waals surface area contributed by atoms with E-state index in [2.05, 4.69) is 67.3 Å². The number of anilines is 1. The summed E-state index contributed by atoms with van der Waals surface area (Å²) in [6.07, 6.45) is 1.76. The zero-order valence-electron chi connectivity index (χ0n) is 9.37. The second-order valence-electron chi connectivity index (χ2n) is 3.78. The lowest BCUT2D eigenvalue weighted by Gasteiger charge is -2.08. The van der Waals surface area contributed by atoms with Crippen molar-refractivity contribution in [3.8, 4) is 0 Å².